The van der Waals surface area contributed by atoms with Gasteiger partial charge < -0.3 is 20.5 Å². The molecular formula is C25H26BrN2O2+. The fraction of sp³-hybridized carbons (Fsp3) is 0.200. The van der Waals surface area contributed by atoms with E-state index in [0.717, 1.165) is 21.3 Å². The fourth-order valence-corrected chi connectivity index (χ4v) is 4.18. The van der Waals surface area contributed by atoms with Gasteiger partial charge in [-0.25, -0.2) is 0 Å². The van der Waals surface area contributed by atoms with Crippen LogP contribution < -0.4 is 15.4 Å². The molecule has 3 aromatic carbocycles. The van der Waals surface area contributed by atoms with E-state index in [0.29, 0.717) is 12.4 Å². The van der Waals surface area contributed by atoms with Crippen molar-refractivity contribution in [3.05, 3.63) is 99.5 Å². The van der Waals surface area contributed by atoms with Gasteiger partial charge in [0.05, 0.1) is 12.2 Å². The van der Waals surface area contributed by atoms with Crippen molar-refractivity contribution >= 4 is 21.6 Å². The van der Waals surface area contributed by atoms with Crippen molar-refractivity contribution in [2.75, 3.05) is 6.61 Å². The van der Waals surface area contributed by atoms with Gasteiger partial charge in [0.15, 0.2) is 17.7 Å². The van der Waals surface area contributed by atoms with Crippen LogP contribution in [-0.2, 0) is 0 Å². The first-order valence-electron chi connectivity index (χ1n) is 10.2. The van der Waals surface area contributed by atoms with E-state index >= 15 is 0 Å². The Kier molecular flexibility index (Phi) is 6.11. The van der Waals surface area contributed by atoms with Crippen LogP contribution in [-0.4, -0.2) is 11.7 Å². The molecule has 0 fully saturated rings. The van der Waals surface area contributed by atoms with Gasteiger partial charge in [0.1, 0.15) is 6.04 Å². The maximum absolute atomic E-state index is 10.9. The van der Waals surface area contributed by atoms with E-state index in [4.69, 9.17) is 4.74 Å². The van der Waals surface area contributed by atoms with E-state index in [-0.39, 0.29) is 18.0 Å². The molecule has 4 rings (SSSR count). The number of aromatic hydroxyl groups is 1. The maximum Gasteiger partial charge on any atom is 0.186 e. The third kappa shape index (κ3) is 4.37. The summed E-state index contributed by atoms with van der Waals surface area (Å²) in [4.78, 5) is 0. The van der Waals surface area contributed by atoms with E-state index in [2.05, 4.69) is 76.0 Å². The number of nitrogens with two attached hydrogens (primary N) is 1. The third-order valence-corrected chi connectivity index (χ3v) is 5.81. The van der Waals surface area contributed by atoms with Crippen LogP contribution in [0.1, 0.15) is 41.4 Å². The highest BCUT2D eigenvalue weighted by molar-refractivity contribution is 9.10. The van der Waals surface area contributed by atoms with E-state index < -0.39 is 0 Å². The van der Waals surface area contributed by atoms with Crippen molar-refractivity contribution in [2.24, 2.45) is 0 Å². The molecule has 1 aliphatic rings. The normalized spacial score (nSPS) is 18.4. The quantitative estimate of drug-likeness (QED) is 0.506. The summed E-state index contributed by atoms with van der Waals surface area (Å²) in [5.41, 5.74) is 5.39. The van der Waals surface area contributed by atoms with Gasteiger partial charge in [-0.05, 0) is 43.7 Å². The topological polar surface area (TPSA) is 58.1 Å². The van der Waals surface area contributed by atoms with E-state index in [1.54, 1.807) is 6.07 Å². The van der Waals surface area contributed by atoms with Gasteiger partial charge in [0.25, 0.3) is 0 Å². The number of hydrogen-bond donors (Lipinski definition) is 3. The number of phenolic OH excluding ortho intramolecular Hbond substituents is 1. The summed E-state index contributed by atoms with van der Waals surface area (Å²) >= 11 is 3.58. The minimum Gasteiger partial charge on any atom is -0.504 e. The Hall–Kier alpha value is -2.76. The lowest BCUT2D eigenvalue weighted by molar-refractivity contribution is -0.731. The van der Waals surface area contributed by atoms with Crippen molar-refractivity contribution < 1.29 is 15.2 Å². The van der Waals surface area contributed by atoms with Gasteiger partial charge in [-0.2, -0.15) is 0 Å². The second kappa shape index (κ2) is 8.94. The Morgan fingerprint density at radius 1 is 1.07 bits per heavy atom. The Labute approximate surface area is 185 Å². The second-order valence-electron chi connectivity index (χ2n) is 7.47. The van der Waals surface area contributed by atoms with Crippen LogP contribution in [0.15, 0.2) is 77.3 Å². The summed E-state index contributed by atoms with van der Waals surface area (Å²) in [6, 6.07) is 22.4. The molecule has 0 spiro atoms. The molecule has 0 radical (unpaired) electrons. The highest BCUT2D eigenvalue weighted by Crippen LogP contribution is 2.35. The average Bonchev–Trinajstić information content (AvgIpc) is 2.75. The van der Waals surface area contributed by atoms with Crippen molar-refractivity contribution in [3.8, 4) is 11.5 Å². The molecule has 0 saturated carbocycles. The predicted molar refractivity (Wildman–Crippen MR) is 123 cm³/mol. The number of nitrogens with one attached hydrogen (secondary N) is 1. The fourth-order valence-electron chi connectivity index (χ4n) is 3.78. The van der Waals surface area contributed by atoms with E-state index in [1.165, 1.54) is 11.1 Å². The maximum atomic E-state index is 10.9. The first-order valence-corrected chi connectivity index (χ1v) is 10.9. The average molecular weight is 466 g/mol. The number of aryl methyl sites for hydroxylation is 1. The lowest BCUT2D eigenvalue weighted by Crippen LogP contribution is -2.89. The third-order valence-electron chi connectivity index (χ3n) is 5.32. The van der Waals surface area contributed by atoms with Gasteiger partial charge in [-0.15, -0.1) is 0 Å². The molecule has 30 heavy (non-hydrogen) atoms. The van der Waals surface area contributed by atoms with Crippen molar-refractivity contribution in [2.45, 2.75) is 26.1 Å². The number of rotatable bonds is 5. The van der Waals surface area contributed by atoms with E-state index in [9.17, 15) is 5.11 Å². The smallest absolute Gasteiger partial charge is 0.186 e. The number of phenols is 1. The van der Waals surface area contributed by atoms with Crippen LogP contribution in [0.5, 0.6) is 11.5 Å². The van der Waals surface area contributed by atoms with Crippen molar-refractivity contribution in [1.82, 2.24) is 5.32 Å². The molecule has 5 heteroatoms. The molecular weight excluding hydrogens is 440 g/mol. The predicted octanol–water partition coefficient (Wildman–Crippen LogP) is 4.81. The minimum atomic E-state index is -0.0630. The number of ether oxygens (including phenoxy) is 1. The Morgan fingerprint density at radius 2 is 1.83 bits per heavy atom. The number of halogens is 1. The molecule has 154 valence electrons. The first kappa shape index (κ1) is 20.5. The summed E-state index contributed by atoms with van der Waals surface area (Å²) in [5, 5.41) is 16.8. The van der Waals surface area contributed by atoms with Crippen molar-refractivity contribution in [1.29, 1.82) is 0 Å². The largest absolute Gasteiger partial charge is 0.504 e. The minimum absolute atomic E-state index is 0.0183. The van der Waals surface area contributed by atoms with Gasteiger partial charge >= 0.3 is 0 Å². The van der Waals surface area contributed by atoms with Gasteiger partial charge in [-0.1, -0.05) is 64.0 Å². The number of benzene rings is 3. The summed E-state index contributed by atoms with van der Waals surface area (Å²) in [5.74, 6) is 0.723. The Bertz CT molecular complexity index is 1060. The SMILES string of the molecule is CCOc1cccc(C2C=C(c3cccc(Br)c3)NC(c3ccc(C)cc3)[NH2+]2)c1O. The molecule has 3 aromatic rings. The van der Waals surface area contributed by atoms with Crippen LogP contribution in [0.4, 0.5) is 0 Å². The van der Waals surface area contributed by atoms with Gasteiger partial charge in [0.2, 0.25) is 0 Å². The highest BCUT2D eigenvalue weighted by Gasteiger charge is 2.30. The molecule has 4 nitrogen and oxygen atoms in total. The molecule has 0 aliphatic carbocycles. The molecule has 4 N–H and O–H groups in total. The molecule has 0 aromatic heterocycles. The zero-order valence-electron chi connectivity index (χ0n) is 17.1. The van der Waals surface area contributed by atoms with E-state index in [1.807, 2.05) is 31.2 Å². The molecule has 2 unspecified atom stereocenters. The Balaban J connectivity index is 1.77. The van der Waals surface area contributed by atoms with Gasteiger partial charge in [-0.3, -0.25) is 0 Å². The molecule has 2 atom stereocenters. The molecule has 0 amide bonds. The molecule has 1 aliphatic heterocycles. The Morgan fingerprint density at radius 3 is 2.57 bits per heavy atom. The molecule has 0 saturated heterocycles. The number of quaternary nitrogens is 1. The van der Waals surface area contributed by atoms with Crippen LogP contribution in [0.3, 0.4) is 0 Å². The lowest BCUT2D eigenvalue weighted by Gasteiger charge is -2.30. The summed E-state index contributed by atoms with van der Waals surface area (Å²) in [6.45, 7) is 4.52. The van der Waals surface area contributed by atoms with Crippen LogP contribution >= 0.6 is 15.9 Å². The molecule has 1 heterocycles. The standard InChI is InChI=1S/C25H25BrN2O2/c1-3-30-23-9-5-8-20(24(23)29)22-15-21(18-6-4-7-19(26)14-18)27-25(28-22)17-12-10-16(2)11-13-17/h4-15,22,25,27-29H,3H2,1-2H3/p+1. The van der Waals surface area contributed by atoms with Crippen molar-refractivity contribution in [3.63, 3.8) is 0 Å². The number of hydrogen-bond acceptors (Lipinski definition) is 3. The van der Waals surface area contributed by atoms with Crippen LogP contribution in [0, 0.1) is 6.92 Å². The lowest BCUT2D eigenvalue weighted by atomic mass is 9.97. The zero-order chi connectivity index (χ0) is 21.1. The monoisotopic (exact) mass is 465 g/mol. The summed E-state index contributed by atoms with van der Waals surface area (Å²) in [7, 11) is 0. The second-order valence-corrected chi connectivity index (χ2v) is 8.38. The summed E-state index contributed by atoms with van der Waals surface area (Å²) < 4.78 is 6.64. The molecule has 0 bridgehead atoms. The van der Waals surface area contributed by atoms with Crippen LogP contribution in [0.25, 0.3) is 5.70 Å². The first-order chi connectivity index (χ1) is 14.5. The summed E-state index contributed by atoms with van der Waals surface area (Å²) in [6.07, 6.45) is 2.18. The van der Waals surface area contributed by atoms with Gasteiger partial charge in [0, 0.05) is 21.8 Å². The van der Waals surface area contributed by atoms with Crippen LogP contribution in [0.2, 0.25) is 0 Å². The number of para-hydroxylation sites is 1. The zero-order valence-corrected chi connectivity index (χ0v) is 18.7. The highest BCUT2D eigenvalue weighted by atomic mass is 79.9.